The Morgan fingerprint density at radius 3 is 1.21 bits per heavy atom. The lowest BCUT2D eigenvalue weighted by Gasteiger charge is -2.55. The molecular weight excluding hydrogens is 588 g/mol. The van der Waals surface area contributed by atoms with Crippen LogP contribution in [0, 0.1) is 69.0 Å². The summed E-state index contributed by atoms with van der Waals surface area (Å²) in [6.07, 6.45) is 13.5. The Balaban J connectivity index is 0.000000215. The quantitative estimate of drug-likeness (QED) is 0.146. The van der Waals surface area contributed by atoms with Crippen molar-refractivity contribution in [2.45, 2.75) is 125 Å². The van der Waals surface area contributed by atoms with Gasteiger partial charge in [0, 0.05) is 39.3 Å². The SMILES string of the molecule is COCC(COC)(COC1C2CC3CC(C2)CC1C3)C(C)(C)C(C)C.COCC(COC)(COC1CC2CCC1C2)C(C)(C)C(C)C. The third-order valence-electron chi connectivity index (χ3n) is 15.2. The molecule has 6 aliphatic carbocycles. The molecule has 276 valence electrons. The predicted octanol–water partition coefficient (Wildman–Crippen LogP) is 8.94. The van der Waals surface area contributed by atoms with Crippen molar-refractivity contribution in [3.05, 3.63) is 0 Å². The monoisotopic (exact) mass is 665 g/mol. The molecule has 0 radical (unpaired) electrons. The Kier molecular flexibility index (Phi) is 13.8. The van der Waals surface area contributed by atoms with Gasteiger partial charge in [0.05, 0.1) is 51.8 Å². The van der Waals surface area contributed by atoms with E-state index in [0.29, 0.717) is 50.5 Å². The topological polar surface area (TPSA) is 55.4 Å². The van der Waals surface area contributed by atoms with Crippen molar-refractivity contribution in [3.63, 3.8) is 0 Å². The molecule has 6 bridgehead atoms. The van der Waals surface area contributed by atoms with E-state index in [1.54, 1.807) is 14.2 Å². The average molecular weight is 665 g/mol. The lowest BCUT2D eigenvalue weighted by molar-refractivity contribution is -0.184. The molecule has 0 heterocycles. The van der Waals surface area contributed by atoms with Gasteiger partial charge in [-0.1, -0.05) is 55.4 Å². The first kappa shape index (κ1) is 39.5. The van der Waals surface area contributed by atoms with Crippen LogP contribution >= 0.6 is 0 Å². The van der Waals surface area contributed by atoms with Crippen LogP contribution in [0.5, 0.6) is 0 Å². The number of methoxy groups -OCH3 is 4. The van der Waals surface area contributed by atoms with Crippen molar-refractivity contribution in [1.29, 1.82) is 0 Å². The maximum atomic E-state index is 6.77. The van der Waals surface area contributed by atoms with Crippen LogP contribution in [0.4, 0.5) is 0 Å². The molecule has 0 spiro atoms. The van der Waals surface area contributed by atoms with Gasteiger partial charge < -0.3 is 28.4 Å². The Labute approximate surface area is 290 Å². The largest absolute Gasteiger partial charge is 0.384 e. The van der Waals surface area contributed by atoms with E-state index < -0.39 is 0 Å². The first-order valence-electron chi connectivity index (χ1n) is 19.4. The Bertz CT molecular complexity index is 902. The smallest absolute Gasteiger partial charge is 0.0632 e. The highest BCUT2D eigenvalue weighted by atomic mass is 16.5. The van der Waals surface area contributed by atoms with Crippen LogP contribution < -0.4 is 0 Å². The number of rotatable bonds is 18. The molecule has 3 atom stereocenters. The third kappa shape index (κ3) is 8.30. The van der Waals surface area contributed by atoms with Crippen LogP contribution in [0.2, 0.25) is 0 Å². The zero-order valence-corrected chi connectivity index (χ0v) is 32.8. The molecule has 0 aromatic carbocycles. The molecule has 6 aliphatic rings. The average Bonchev–Trinajstić information content (AvgIpc) is 3.63. The van der Waals surface area contributed by atoms with Gasteiger partial charge in [-0.05, 0) is 116 Å². The molecular formula is C41H76O6. The second-order valence-corrected chi connectivity index (χ2v) is 18.8. The van der Waals surface area contributed by atoms with E-state index >= 15 is 0 Å². The van der Waals surface area contributed by atoms with Crippen molar-refractivity contribution >= 4 is 0 Å². The Morgan fingerprint density at radius 1 is 0.468 bits per heavy atom. The summed E-state index contributed by atoms with van der Waals surface area (Å²) in [5.41, 5.74) is -0.00654. The summed E-state index contributed by atoms with van der Waals surface area (Å²) in [6.45, 7) is 22.8. The minimum atomic E-state index is -0.0979. The molecule has 6 rings (SSSR count). The van der Waals surface area contributed by atoms with E-state index in [0.717, 1.165) is 48.7 Å². The van der Waals surface area contributed by atoms with E-state index in [9.17, 15) is 0 Å². The highest BCUT2D eigenvalue weighted by Gasteiger charge is 2.53. The van der Waals surface area contributed by atoms with Crippen molar-refractivity contribution in [3.8, 4) is 0 Å². The van der Waals surface area contributed by atoms with Crippen LogP contribution in [0.25, 0.3) is 0 Å². The number of hydrogen-bond acceptors (Lipinski definition) is 6. The zero-order valence-electron chi connectivity index (χ0n) is 32.8. The van der Waals surface area contributed by atoms with Crippen molar-refractivity contribution in [2.24, 2.45) is 69.0 Å². The highest BCUT2D eigenvalue weighted by molar-refractivity contribution is 5.01. The first-order valence-corrected chi connectivity index (χ1v) is 19.4. The number of hydrogen-bond donors (Lipinski definition) is 0. The maximum absolute atomic E-state index is 6.77. The molecule has 0 aliphatic heterocycles. The number of ether oxygens (including phenoxy) is 6. The van der Waals surface area contributed by atoms with Gasteiger partial charge in [-0.2, -0.15) is 0 Å². The van der Waals surface area contributed by atoms with Gasteiger partial charge in [-0.3, -0.25) is 0 Å². The summed E-state index contributed by atoms with van der Waals surface area (Å²) < 4.78 is 35.9. The lowest BCUT2D eigenvalue weighted by atomic mass is 9.55. The van der Waals surface area contributed by atoms with Gasteiger partial charge in [-0.15, -0.1) is 0 Å². The molecule has 3 unspecified atom stereocenters. The van der Waals surface area contributed by atoms with Crippen LogP contribution in [-0.2, 0) is 28.4 Å². The van der Waals surface area contributed by atoms with Crippen molar-refractivity contribution in [1.82, 2.24) is 0 Å². The zero-order chi connectivity index (χ0) is 34.6. The molecule has 6 nitrogen and oxygen atoms in total. The predicted molar refractivity (Wildman–Crippen MR) is 192 cm³/mol. The maximum Gasteiger partial charge on any atom is 0.0632 e. The Hall–Kier alpha value is -0.240. The summed E-state index contributed by atoms with van der Waals surface area (Å²) in [4.78, 5) is 0. The van der Waals surface area contributed by atoms with Gasteiger partial charge in [0.25, 0.3) is 0 Å². The van der Waals surface area contributed by atoms with E-state index in [2.05, 4.69) is 55.4 Å². The van der Waals surface area contributed by atoms with Gasteiger partial charge in [-0.25, -0.2) is 0 Å². The first-order chi connectivity index (χ1) is 22.2. The molecule has 6 saturated carbocycles. The van der Waals surface area contributed by atoms with E-state index in [4.69, 9.17) is 28.4 Å². The minimum Gasteiger partial charge on any atom is -0.384 e. The van der Waals surface area contributed by atoms with Crippen LogP contribution in [0.3, 0.4) is 0 Å². The molecule has 0 saturated heterocycles. The summed E-state index contributed by atoms with van der Waals surface area (Å²) in [7, 11) is 7.20. The Morgan fingerprint density at radius 2 is 0.872 bits per heavy atom. The van der Waals surface area contributed by atoms with Crippen LogP contribution in [0.1, 0.15) is 113 Å². The van der Waals surface area contributed by atoms with Crippen LogP contribution in [0.15, 0.2) is 0 Å². The molecule has 6 heteroatoms. The van der Waals surface area contributed by atoms with Crippen molar-refractivity contribution < 1.29 is 28.4 Å². The van der Waals surface area contributed by atoms with E-state index in [-0.39, 0.29) is 21.7 Å². The van der Waals surface area contributed by atoms with E-state index in [1.165, 1.54) is 57.8 Å². The lowest BCUT2D eigenvalue weighted by Crippen LogP contribution is -2.54. The van der Waals surface area contributed by atoms with Gasteiger partial charge in [0.2, 0.25) is 0 Å². The summed E-state index contributed by atoms with van der Waals surface area (Å²) in [5.74, 6) is 6.42. The second-order valence-electron chi connectivity index (χ2n) is 18.8. The molecule has 0 N–H and O–H groups in total. The van der Waals surface area contributed by atoms with Gasteiger partial charge in [0.15, 0.2) is 0 Å². The third-order valence-corrected chi connectivity index (χ3v) is 15.2. The summed E-state index contributed by atoms with van der Waals surface area (Å²) in [5, 5.41) is 0. The van der Waals surface area contributed by atoms with Gasteiger partial charge in [0.1, 0.15) is 0 Å². The number of fused-ring (bicyclic) bond motifs is 2. The van der Waals surface area contributed by atoms with Gasteiger partial charge >= 0.3 is 0 Å². The highest BCUT2D eigenvalue weighted by Crippen LogP contribution is 2.56. The second kappa shape index (κ2) is 16.4. The normalized spacial score (nSPS) is 32.0. The molecule has 6 fully saturated rings. The summed E-state index contributed by atoms with van der Waals surface area (Å²) in [6, 6.07) is 0. The van der Waals surface area contributed by atoms with Crippen molar-refractivity contribution in [2.75, 3.05) is 68.1 Å². The molecule has 0 aromatic rings. The summed E-state index contributed by atoms with van der Waals surface area (Å²) >= 11 is 0. The molecule has 47 heavy (non-hydrogen) atoms. The molecule has 0 amide bonds. The molecule has 0 aromatic heterocycles. The fourth-order valence-corrected chi connectivity index (χ4v) is 10.8. The standard InChI is InChI=1S/C22H40O3.C19H36O3/c1-15(2)21(3,4)22(12-23-5,13-24-6)14-25-20-18-8-16-7-17(10-18)11-19(20)9-16;1-14(2)18(3,4)19(11-20-5,12-21-6)13-22-17-10-15-7-8-16(17)9-15/h15-20H,7-14H2,1-6H3;14-17H,7-13H2,1-6H3. The fourth-order valence-electron chi connectivity index (χ4n) is 10.8. The minimum absolute atomic E-state index is 0.0882. The fraction of sp³-hybridized carbons (Fsp3) is 1.00. The van der Waals surface area contributed by atoms with Crippen LogP contribution in [-0.4, -0.2) is 80.3 Å². The van der Waals surface area contributed by atoms with E-state index in [1.807, 2.05) is 14.2 Å².